The lowest BCUT2D eigenvalue weighted by molar-refractivity contribution is -0.385. The molecule has 0 unspecified atom stereocenters. The topological polar surface area (TPSA) is 113 Å². The maximum absolute atomic E-state index is 12.1. The van der Waals surface area contributed by atoms with Crippen LogP contribution in [-0.2, 0) is 4.79 Å². The second-order valence-corrected chi connectivity index (χ2v) is 5.51. The molecule has 112 valence electrons. The highest BCUT2D eigenvalue weighted by Crippen LogP contribution is 2.25. The normalized spacial score (nSPS) is 17.6. The number of thioether (sulfide) groups is 1. The summed E-state index contributed by atoms with van der Waals surface area (Å²) < 4.78 is 0. The minimum absolute atomic E-state index is 0.0987. The van der Waals surface area contributed by atoms with Gasteiger partial charge < -0.3 is 15.3 Å². The van der Waals surface area contributed by atoms with Crippen LogP contribution in [0.25, 0.3) is 0 Å². The molecule has 1 aromatic rings. The third-order valence-corrected chi connectivity index (χ3v) is 4.10. The van der Waals surface area contributed by atoms with E-state index in [1.807, 2.05) is 0 Å². The van der Waals surface area contributed by atoms with E-state index < -0.39 is 23.0 Å². The Kier molecular flexibility index (Phi) is 4.32. The number of hydrogen-bond donors (Lipinski definition) is 2. The smallest absolute Gasteiger partial charge is 0.327 e. The molecule has 0 saturated carbocycles. The molecule has 0 aromatic heterocycles. The first-order chi connectivity index (χ1) is 9.90. The molecule has 2 amide bonds. The van der Waals surface area contributed by atoms with Crippen LogP contribution in [0, 0.1) is 17.0 Å². The molecule has 21 heavy (non-hydrogen) atoms. The molecular formula is C12H13N3O5S. The highest BCUT2D eigenvalue weighted by atomic mass is 32.2. The van der Waals surface area contributed by atoms with Gasteiger partial charge in [0.2, 0.25) is 0 Å². The van der Waals surface area contributed by atoms with Crippen molar-refractivity contribution in [2.45, 2.75) is 13.0 Å². The molecule has 0 radical (unpaired) electrons. The predicted octanol–water partition coefficient (Wildman–Crippen LogP) is 1.89. The first-order valence-electron chi connectivity index (χ1n) is 6.03. The number of amides is 2. The van der Waals surface area contributed by atoms with Crippen molar-refractivity contribution < 1.29 is 19.6 Å². The van der Waals surface area contributed by atoms with Crippen molar-refractivity contribution in [2.75, 3.05) is 16.9 Å². The van der Waals surface area contributed by atoms with Crippen LogP contribution in [0.15, 0.2) is 18.2 Å². The van der Waals surface area contributed by atoms with Gasteiger partial charge in [-0.05, 0) is 13.0 Å². The number of nitro groups is 1. The summed E-state index contributed by atoms with van der Waals surface area (Å²) in [6, 6.07) is 2.87. The fourth-order valence-electron chi connectivity index (χ4n) is 1.93. The van der Waals surface area contributed by atoms with Crippen LogP contribution in [-0.4, -0.2) is 44.6 Å². The Morgan fingerprint density at radius 2 is 2.24 bits per heavy atom. The molecule has 2 rings (SSSR count). The maximum atomic E-state index is 12.1. The van der Waals surface area contributed by atoms with Gasteiger partial charge in [-0.25, -0.2) is 9.59 Å². The summed E-state index contributed by atoms with van der Waals surface area (Å²) in [6.07, 6.45) is 0. The molecule has 0 spiro atoms. The van der Waals surface area contributed by atoms with Crippen molar-refractivity contribution in [3.8, 4) is 0 Å². The minimum atomic E-state index is -1.06. The third kappa shape index (κ3) is 3.24. The first kappa shape index (κ1) is 15.1. The van der Waals surface area contributed by atoms with Crippen molar-refractivity contribution in [3.05, 3.63) is 33.9 Å². The molecule has 9 heteroatoms. The van der Waals surface area contributed by atoms with E-state index in [0.29, 0.717) is 11.3 Å². The van der Waals surface area contributed by atoms with E-state index in [1.165, 1.54) is 28.8 Å². The number of nitro benzene ring substituents is 1. The van der Waals surface area contributed by atoms with E-state index in [4.69, 9.17) is 5.11 Å². The quantitative estimate of drug-likeness (QED) is 0.651. The van der Waals surface area contributed by atoms with Crippen molar-refractivity contribution in [1.29, 1.82) is 0 Å². The number of aryl methyl sites for hydroxylation is 1. The van der Waals surface area contributed by atoms with E-state index in [-0.39, 0.29) is 17.3 Å². The summed E-state index contributed by atoms with van der Waals surface area (Å²) in [5.74, 6) is -0.460. The summed E-state index contributed by atoms with van der Waals surface area (Å²) in [5, 5.41) is 22.4. The van der Waals surface area contributed by atoms with Gasteiger partial charge in [0, 0.05) is 23.1 Å². The van der Waals surface area contributed by atoms with Crippen molar-refractivity contribution in [2.24, 2.45) is 0 Å². The van der Waals surface area contributed by atoms with Gasteiger partial charge in [-0.2, -0.15) is 0 Å². The van der Waals surface area contributed by atoms with Gasteiger partial charge in [0.25, 0.3) is 5.69 Å². The Balaban J connectivity index is 2.14. The number of carboxylic acid groups (broad SMARTS) is 1. The Hall–Kier alpha value is -2.29. The zero-order chi connectivity index (χ0) is 15.6. The number of urea groups is 1. The molecule has 1 atom stereocenters. The van der Waals surface area contributed by atoms with Gasteiger partial charge in [0.1, 0.15) is 6.04 Å². The predicted molar refractivity (Wildman–Crippen MR) is 77.4 cm³/mol. The Labute approximate surface area is 124 Å². The fraction of sp³-hybridized carbons (Fsp3) is 0.333. The average Bonchev–Trinajstić information content (AvgIpc) is 2.90. The zero-order valence-electron chi connectivity index (χ0n) is 11.1. The standard InChI is InChI=1S/C12H13N3O5S/c1-7-2-3-8(4-9(7)15(19)20)13-12(18)14-6-21-5-10(14)11(16)17/h2-4,10H,5-6H2,1H3,(H,13,18)(H,16,17)/t10-/m0/s1. The number of carbonyl (C=O) groups is 2. The number of nitrogens with one attached hydrogen (secondary N) is 1. The summed E-state index contributed by atoms with van der Waals surface area (Å²) in [4.78, 5) is 34.6. The summed E-state index contributed by atoms with van der Waals surface area (Å²) in [5.41, 5.74) is 0.648. The van der Waals surface area contributed by atoms with E-state index in [1.54, 1.807) is 13.0 Å². The molecule has 1 fully saturated rings. The highest BCUT2D eigenvalue weighted by molar-refractivity contribution is 7.99. The van der Waals surface area contributed by atoms with E-state index in [9.17, 15) is 19.7 Å². The number of carboxylic acids is 1. The van der Waals surface area contributed by atoms with Gasteiger partial charge >= 0.3 is 12.0 Å². The lowest BCUT2D eigenvalue weighted by atomic mass is 10.2. The van der Waals surface area contributed by atoms with Crippen LogP contribution in [0.3, 0.4) is 0 Å². The highest BCUT2D eigenvalue weighted by Gasteiger charge is 2.34. The third-order valence-electron chi connectivity index (χ3n) is 3.09. The Bertz CT molecular complexity index is 607. The van der Waals surface area contributed by atoms with Crippen molar-refractivity contribution in [1.82, 2.24) is 4.90 Å². The molecule has 1 aromatic carbocycles. The minimum Gasteiger partial charge on any atom is -0.480 e. The summed E-state index contributed by atoms with van der Waals surface area (Å²) >= 11 is 1.34. The molecule has 0 bridgehead atoms. The van der Waals surface area contributed by atoms with Crippen LogP contribution in [0.4, 0.5) is 16.2 Å². The van der Waals surface area contributed by atoms with Crippen molar-refractivity contribution >= 4 is 35.1 Å². The fourth-order valence-corrected chi connectivity index (χ4v) is 3.07. The van der Waals surface area contributed by atoms with Crippen LogP contribution in [0.5, 0.6) is 0 Å². The average molecular weight is 311 g/mol. The van der Waals surface area contributed by atoms with Crippen molar-refractivity contribution in [3.63, 3.8) is 0 Å². The molecule has 1 aliphatic rings. The number of hydrogen-bond acceptors (Lipinski definition) is 5. The van der Waals surface area contributed by atoms with Gasteiger partial charge in [0.15, 0.2) is 0 Å². The van der Waals surface area contributed by atoms with Gasteiger partial charge in [0.05, 0.1) is 10.8 Å². The molecular weight excluding hydrogens is 298 g/mol. The molecule has 1 heterocycles. The summed E-state index contributed by atoms with van der Waals surface area (Å²) in [7, 11) is 0. The first-order valence-corrected chi connectivity index (χ1v) is 7.19. The number of benzene rings is 1. The van der Waals surface area contributed by atoms with Crippen LogP contribution < -0.4 is 5.32 Å². The second kappa shape index (κ2) is 6.00. The number of nitrogens with zero attached hydrogens (tertiary/aromatic N) is 2. The lowest BCUT2D eigenvalue weighted by Gasteiger charge is -2.20. The van der Waals surface area contributed by atoms with Crippen LogP contribution >= 0.6 is 11.8 Å². The van der Waals surface area contributed by atoms with Crippen LogP contribution in [0.2, 0.25) is 0 Å². The number of anilines is 1. The van der Waals surface area contributed by atoms with Gasteiger partial charge in [-0.3, -0.25) is 10.1 Å². The van der Waals surface area contributed by atoms with E-state index in [2.05, 4.69) is 5.32 Å². The molecule has 1 saturated heterocycles. The van der Waals surface area contributed by atoms with E-state index >= 15 is 0 Å². The number of carbonyl (C=O) groups excluding carboxylic acids is 1. The Morgan fingerprint density at radius 1 is 1.52 bits per heavy atom. The van der Waals surface area contributed by atoms with Gasteiger partial charge in [-0.15, -0.1) is 11.8 Å². The molecule has 1 aliphatic heterocycles. The van der Waals surface area contributed by atoms with Gasteiger partial charge in [-0.1, -0.05) is 6.07 Å². The zero-order valence-corrected chi connectivity index (χ0v) is 11.9. The monoisotopic (exact) mass is 311 g/mol. The SMILES string of the molecule is Cc1ccc(NC(=O)N2CSC[C@H]2C(=O)O)cc1[N+](=O)[O-]. The van der Waals surface area contributed by atoms with E-state index in [0.717, 1.165) is 0 Å². The number of aliphatic carboxylic acids is 1. The lowest BCUT2D eigenvalue weighted by Crippen LogP contribution is -2.43. The summed E-state index contributed by atoms with van der Waals surface area (Å²) in [6.45, 7) is 1.60. The Morgan fingerprint density at radius 3 is 2.86 bits per heavy atom. The largest absolute Gasteiger partial charge is 0.480 e. The maximum Gasteiger partial charge on any atom is 0.327 e. The number of rotatable bonds is 3. The molecule has 0 aliphatic carbocycles. The molecule has 8 nitrogen and oxygen atoms in total. The second-order valence-electron chi connectivity index (χ2n) is 4.51. The molecule has 2 N–H and O–H groups in total. The van der Waals surface area contributed by atoms with Crippen LogP contribution in [0.1, 0.15) is 5.56 Å².